The molecule has 0 fully saturated rings. The predicted octanol–water partition coefficient (Wildman–Crippen LogP) is 3.98. The molecule has 0 unspecified atom stereocenters. The van der Waals surface area contributed by atoms with Crippen molar-refractivity contribution in [1.29, 1.82) is 0 Å². The van der Waals surface area contributed by atoms with Gasteiger partial charge in [-0.15, -0.1) is 0 Å². The summed E-state index contributed by atoms with van der Waals surface area (Å²) in [7, 11) is 0. The van der Waals surface area contributed by atoms with E-state index in [1.165, 1.54) is 5.56 Å². The van der Waals surface area contributed by atoms with Crippen molar-refractivity contribution in [2.24, 2.45) is 5.92 Å². The zero-order chi connectivity index (χ0) is 12.8. The maximum atomic E-state index is 11.3. The van der Waals surface area contributed by atoms with Gasteiger partial charge in [0.25, 0.3) is 0 Å². The van der Waals surface area contributed by atoms with Gasteiger partial charge in [0.1, 0.15) is 5.75 Å². The third kappa shape index (κ3) is 4.89. The summed E-state index contributed by atoms with van der Waals surface area (Å²) in [5, 5.41) is 0. The van der Waals surface area contributed by atoms with Gasteiger partial charge in [0.05, 0.1) is 6.61 Å². The summed E-state index contributed by atoms with van der Waals surface area (Å²) in [5.41, 5.74) is 1.22. The van der Waals surface area contributed by atoms with E-state index in [-0.39, 0.29) is 0 Å². The molecule has 3 heteroatoms. The molecule has 0 amide bonds. The first-order chi connectivity index (χ1) is 7.99. The van der Waals surface area contributed by atoms with Gasteiger partial charge in [-0.1, -0.05) is 39.8 Å². The average molecular weight is 236 g/mol. The molecule has 1 aromatic carbocycles. The molecular weight excluding hydrogens is 216 g/mol. The molecule has 0 saturated heterocycles. The molecule has 0 spiro atoms. The summed E-state index contributed by atoms with van der Waals surface area (Å²) in [4.78, 5) is 11.3. The van der Waals surface area contributed by atoms with Crippen LogP contribution >= 0.6 is 0 Å². The maximum Gasteiger partial charge on any atom is 0.513 e. The number of hydrogen-bond donors (Lipinski definition) is 0. The second-order valence-electron chi connectivity index (χ2n) is 4.78. The Bertz CT molecular complexity index is 352. The first-order valence-electron chi connectivity index (χ1n) is 5.93. The molecule has 0 aliphatic heterocycles. The van der Waals surface area contributed by atoms with E-state index in [0.29, 0.717) is 24.2 Å². The number of ether oxygens (including phenoxy) is 2. The van der Waals surface area contributed by atoms with Gasteiger partial charge in [0.15, 0.2) is 0 Å². The van der Waals surface area contributed by atoms with Crippen LogP contribution in [0.2, 0.25) is 0 Å². The molecule has 0 saturated carbocycles. The Hall–Kier alpha value is -1.51. The summed E-state index contributed by atoms with van der Waals surface area (Å²) in [6.45, 7) is 8.57. The highest BCUT2D eigenvalue weighted by Gasteiger charge is 2.07. The second-order valence-corrected chi connectivity index (χ2v) is 4.78. The van der Waals surface area contributed by atoms with E-state index in [9.17, 15) is 4.79 Å². The molecule has 0 aliphatic rings. The van der Waals surface area contributed by atoms with Crippen LogP contribution in [0.5, 0.6) is 5.75 Å². The predicted molar refractivity (Wildman–Crippen MR) is 67.3 cm³/mol. The smallest absolute Gasteiger partial charge is 0.434 e. The summed E-state index contributed by atoms with van der Waals surface area (Å²) >= 11 is 0. The average Bonchev–Trinajstić information content (AvgIpc) is 2.27. The van der Waals surface area contributed by atoms with Crippen LogP contribution in [0.25, 0.3) is 0 Å². The van der Waals surface area contributed by atoms with E-state index in [4.69, 9.17) is 9.47 Å². The Morgan fingerprint density at radius 1 is 1.12 bits per heavy atom. The summed E-state index contributed by atoms with van der Waals surface area (Å²) < 4.78 is 9.96. The van der Waals surface area contributed by atoms with Gasteiger partial charge < -0.3 is 9.47 Å². The minimum Gasteiger partial charge on any atom is -0.434 e. The van der Waals surface area contributed by atoms with Gasteiger partial charge in [-0.25, -0.2) is 4.79 Å². The number of carbonyl (C=O) groups excluding carboxylic acids is 1. The van der Waals surface area contributed by atoms with Crippen molar-refractivity contribution in [3.8, 4) is 5.75 Å². The molecule has 94 valence electrons. The normalized spacial score (nSPS) is 10.7. The minimum absolute atomic E-state index is 0.311. The van der Waals surface area contributed by atoms with Crippen LogP contribution in [0.1, 0.15) is 39.2 Å². The summed E-state index contributed by atoms with van der Waals surface area (Å²) in [5.74, 6) is 1.30. The Morgan fingerprint density at radius 3 is 2.18 bits per heavy atom. The lowest BCUT2D eigenvalue weighted by atomic mass is 10.0. The van der Waals surface area contributed by atoms with Crippen LogP contribution in [0, 0.1) is 5.92 Å². The molecule has 0 bridgehead atoms. The molecule has 0 radical (unpaired) electrons. The van der Waals surface area contributed by atoms with Gasteiger partial charge in [0, 0.05) is 0 Å². The third-order valence-electron chi connectivity index (χ3n) is 2.28. The molecule has 0 aliphatic carbocycles. The van der Waals surface area contributed by atoms with E-state index < -0.39 is 6.16 Å². The monoisotopic (exact) mass is 236 g/mol. The van der Waals surface area contributed by atoms with Gasteiger partial charge in [-0.2, -0.15) is 0 Å². The van der Waals surface area contributed by atoms with Crippen LogP contribution in [-0.2, 0) is 4.74 Å². The largest absolute Gasteiger partial charge is 0.513 e. The second kappa shape index (κ2) is 6.28. The number of carbonyl (C=O) groups is 1. The zero-order valence-corrected chi connectivity index (χ0v) is 10.9. The van der Waals surface area contributed by atoms with E-state index in [0.717, 1.165) is 0 Å². The molecule has 1 rings (SSSR count). The van der Waals surface area contributed by atoms with Crippen LogP contribution in [-0.4, -0.2) is 12.8 Å². The summed E-state index contributed by atoms with van der Waals surface area (Å²) in [6, 6.07) is 7.48. The molecule has 3 nitrogen and oxygen atoms in total. The van der Waals surface area contributed by atoms with E-state index >= 15 is 0 Å². The van der Waals surface area contributed by atoms with Crippen LogP contribution in [0.15, 0.2) is 24.3 Å². The molecule has 0 atom stereocenters. The van der Waals surface area contributed by atoms with E-state index in [2.05, 4.69) is 13.8 Å². The van der Waals surface area contributed by atoms with Crippen molar-refractivity contribution in [1.82, 2.24) is 0 Å². The van der Waals surface area contributed by atoms with Crippen molar-refractivity contribution in [3.05, 3.63) is 29.8 Å². The fourth-order valence-corrected chi connectivity index (χ4v) is 1.28. The maximum absolute atomic E-state index is 11.3. The molecule has 0 N–H and O–H groups in total. The van der Waals surface area contributed by atoms with Gasteiger partial charge >= 0.3 is 6.16 Å². The standard InChI is InChI=1S/C14H20O3/c1-10(2)9-16-14(15)17-13-7-5-12(6-8-13)11(3)4/h5-8,10-11H,9H2,1-4H3. The molecule has 1 aromatic rings. The Kier molecular flexibility index (Phi) is 5.01. The Labute approximate surface area is 103 Å². The van der Waals surface area contributed by atoms with E-state index in [1.807, 2.05) is 26.0 Å². The van der Waals surface area contributed by atoms with Crippen molar-refractivity contribution in [3.63, 3.8) is 0 Å². The topological polar surface area (TPSA) is 35.5 Å². The van der Waals surface area contributed by atoms with Crippen molar-refractivity contribution >= 4 is 6.16 Å². The van der Waals surface area contributed by atoms with Crippen molar-refractivity contribution in [2.75, 3.05) is 6.61 Å². The fourth-order valence-electron chi connectivity index (χ4n) is 1.28. The number of benzene rings is 1. The molecule has 0 heterocycles. The van der Waals surface area contributed by atoms with Gasteiger partial charge in [-0.05, 0) is 29.5 Å². The first kappa shape index (κ1) is 13.6. The Balaban J connectivity index is 2.48. The van der Waals surface area contributed by atoms with E-state index in [1.54, 1.807) is 12.1 Å². The van der Waals surface area contributed by atoms with Crippen molar-refractivity contribution < 1.29 is 14.3 Å². The first-order valence-corrected chi connectivity index (χ1v) is 5.93. The SMILES string of the molecule is CC(C)COC(=O)Oc1ccc(C(C)C)cc1. The quantitative estimate of drug-likeness (QED) is 0.586. The van der Waals surface area contributed by atoms with Crippen LogP contribution in [0.3, 0.4) is 0 Å². The van der Waals surface area contributed by atoms with Crippen LogP contribution < -0.4 is 4.74 Å². The highest BCUT2D eigenvalue weighted by Crippen LogP contribution is 2.18. The fraction of sp³-hybridized carbons (Fsp3) is 0.500. The molecular formula is C14H20O3. The number of rotatable bonds is 4. The van der Waals surface area contributed by atoms with Gasteiger partial charge in [0.2, 0.25) is 0 Å². The minimum atomic E-state index is -0.643. The summed E-state index contributed by atoms with van der Waals surface area (Å²) in [6.07, 6.45) is -0.643. The lowest BCUT2D eigenvalue weighted by molar-refractivity contribution is 0.0885. The molecule has 17 heavy (non-hydrogen) atoms. The molecule has 0 aromatic heterocycles. The highest BCUT2D eigenvalue weighted by atomic mass is 16.7. The lowest BCUT2D eigenvalue weighted by Gasteiger charge is -2.09. The number of hydrogen-bond acceptors (Lipinski definition) is 3. The Morgan fingerprint density at radius 2 is 1.71 bits per heavy atom. The van der Waals surface area contributed by atoms with Crippen LogP contribution in [0.4, 0.5) is 4.79 Å². The third-order valence-corrected chi connectivity index (χ3v) is 2.28. The van der Waals surface area contributed by atoms with Crippen molar-refractivity contribution in [2.45, 2.75) is 33.6 Å². The van der Waals surface area contributed by atoms with Gasteiger partial charge in [-0.3, -0.25) is 0 Å². The lowest BCUT2D eigenvalue weighted by Crippen LogP contribution is -2.14. The highest BCUT2D eigenvalue weighted by molar-refractivity contribution is 5.63. The zero-order valence-electron chi connectivity index (χ0n) is 10.9.